The fraction of sp³-hybridized carbons (Fsp3) is 0.462. The maximum atomic E-state index is 13.8. The fourth-order valence-electron chi connectivity index (χ4n) is 5.37. The average Bonchev–Trinajstić information content (AvgIpc) is 2.72. The molecule has 1 heterocycles. The van der Waals surface area contributed by atoms with Crippen molar-refractivity contribution < 1.29 is 26.3 Å². The number of fused-ring (bicyclic) bond motifs is 1. The standard InChI is InChI=1S/C26H29F3O3S/c1-17-6-12-20(13-7-17)33(30,31)21-16-22-24(2,3)14-5-15-25(22,4)32-23(21)18-8-10-19(11-9-18)26(27,28)29/h6-13,22H,5,14-16H2,1-4H3/t22-,25-/m0/s1. The van der Waals surface area contributed by atoms with Crippen molar-refractivity contribution in [2.75, 3.05) is 0 Å². The van der Waals surface area contributed by atoms with Crippen LogP contribution >= 0.6 is 0 Å². The van der Waals surface area contributed by atoms with E-state index in [0.29, 0.717) is 5.56 Å². The van der Waals surface area contributed by atoms with Gasteiger partial charge in [-0.2, -0.15) is 13.2 Å². The van der Waals surface area contributed by atoms with E-state index in [0.717, 1.165) is 37.0 Å². The summed E-state index contributed by atoms with van der Waals surface area (Å²) >= 11 is 0. The Hall–Kier alpha value is -2.28. The van der Waals surface area contributed by atoms with E-state index in [1.54, 1.807) is 24.3 Å². The van der Waals surface area contributed by atoms with Gasteiger partial charge in [0.2, 0.25) is 9.84 Å². The number of benzene rings is 2. The van der Waals surface area contributed by atoms with Crippen molar-refractivity contribution in [2.45, 2.75) is 70.1 Å². The predicted molar refractivity (Wildman–Crippen MR) is 122 cm³/mol. The van der Waals surface area contributed by atoms with Gasteiger partial charge in [-0.25, -0.2) is 8.42 Å². The van der Waals surface area contributed by atoms with Crippen molar-refractivity contribution in [1.82, 2.24) is 0 Å². The van der Waals surface area contributed by atoms with Gasteiger partial charge in [0.05, 0.1) is 15.4 Å². The molecular weight excluding hydrogens is 449 g/mol. The van der Waals surface area contributed by atoms with Gasteiger partial charge in [0.15, 0.2) is 0 Å². The van der Waals surface area contributed by atoms with Crippen LogP contribution in [0.3, 0.4) is 0 Å². The van der Waals surface area contributed by atoms with Crippen molar-refractivity contribution >= 4 is 15.6 Å². The van der Waals surface area contributed by atoms with Crippen LogP contribution in [0.1, 0.15) is 63.1 Å². The molecule has 0 amide bonds. The Labute approximate surface area is 193 Å². The highest BCUT2D eigenvalue weighted by molar-refractivity contribution is 7.95. The third kappa shape index (κ3) is 4.32. The quantitative estimate of drug-likeness (QED) is 0.470. The second-order valence-corrected chi connectivity index (χ2v) is 12.1. The Morgan fingerprint density at radius 1 is 0.939 bits per heavy atom. The van der Waals surface area contributed by atoms with E-state index in [4.69, 9.17) is 4.74 Å². The van der Waals surface area contributed by atoms with E-state index in [9.17, 15) is 21.6 Å². The molecule has 1 fully saturated rings. The zero-order valence-corrected chi connectivity index (χ0v) is 20.1. The summed E-state index contributed by atoms with van der Waals surface area (Å²) in [7, 11) is -3.91. The lowest BCUT2D eigenvalue weighted by Crippen LogP contribution is -2.51. The number of halogens is 3. The molecule has 0 aromatic heterocycles. The summed E-state index contributed by atoms with van der Waals surface area (Å²) in [4.78, 5) is 0.303. The number of ether oxygens (including phenoxy) is 1. The number of aryl methyl sites for hydroxylation is 1. The summed E-state index contributed by atoms with van der Waals surface area (Å²) < 4.78 is 73.4. The molecule has 4 rings (SSSR count). The Balaban J connectivity index is 1.90. The Morgan fingerprint density at radius 3 is 2.12 bits per heavy atom. The van der Waals surface area contributed by atoms with E-state index in [2.05, 4.69) is 13.8 Å². The van der Waals surface area contributed by atoms with Gasteiger partial charge in [-0.15, -0.1) is 0 Å². The van der Waals surface area contributed by atoms with Crippen molar-refractivity contribution in [3.63, 3.8) is 0 Å². The first kappa shape index (κ1) is 23.9. The topological polar surface area (TPSA) is 43.4 Å². The average molecular weight is 479 g/mol. The Morgan fingerprint density at radius 2 is 1.55 bits per heavy atom. The second kappa shape index (κ2) is 7.90. The molecule has 2 aliphatic rings. The molecule has 0 saturated heterocycles. The summed E-state index contributed by atoms with van der Waals surface area (Å²) in [6.45, 7) is 8.15. The second-order valence-electron chi connectivity index (χ2n) is 10.2. The Bertz CT molecular complexity index is 1180. The zero-order chi connectivity index (χ0) is 24.2. The number of hydrogen-bond donors (Lipinski definition) is 0. The molecule has 2 aromatic carbocycles. The molecule has 0 spiro atoms. The van der Waals surface area contributed by atoms with E-state index in [1.807, 2.05) is 13.8 Å². The van der Waals surface area contributed by atoms with Crippen LogP contribution in [0, 0.1) is 18.3 Å². The summed E-state index contributed by atoms with van der Waals surface area (Å²) in [6.07, 6.45) is -1.51. The first-order chi connectivity index (χ1) is 15.2. The minimum atomic E-state index is -4.47. The number of alkyl halides is 3. The highest BCUT2D eigenvalue weighted by atomic mass is 32.2. The highest BCUT2D eigenvalue weighted by Crippen LogP contribution is 2.56. The molecule has 2 atom stereocenters. The van der Waals surface area contributed by atoms with Crippen LogP contribution in [0.25, 0.3) is 5.76 Å². The lowest BCUT2D eigenvalue weighted by molar-refractivity contribution is -0.137. The van der Waals surface area contributed by atoms with E-state index in [-0.39, 0.29) is 33.3 Å². The van der Waals surface area contributed by atoms with Crippen LogP contribution in [0.5, 0.6) is 0 Å². The van der Waals surface area contributed by atoms with Crippen LogP contribution in [-0.4, -0.2) is 14.0 Å². The monoisotopic (exact) mass is 478 g/mol. The summed E-state index contributed by atoms with van der Waals surface area (Å²) in [5.41, 5.74) is -0.226. The van der Waals surface area contributed by atoms with Gasteiger partial charge in [0, 0.05) is 11.5 Å². The van der Waals surface area contributed by atoms with Gasteiger partial charge in [0.25, 0.3) is 0 Å². The van der Waals surface area contributed by atoms with Gasteiger partial charge >= 0.3 is 6.18 Å². The summed E-state index contributed by atoms with van der Waals surface area (Å²) in [5.74, 6) is 0.132. The molecule has 0 radical (unpaired) electrons. The van der Waals surface area contributed by atoms with Crippen molar-refractivity contribution in [2.24, 2.45) is 11.3 Å². The normalized spacial score (nSPS) is 25.4. The SMILES string of the molecule is Cc1ccc(S(=O)(=O)C2=C(c3ccc(C(F)(F)F)cc3)O[C@@]3(C)CCCC(C)(C)[C@@H]3C2)cc1. The molecule has 2 aromatic rings. The van der Waals surface area contributed by atoms with Gasteiger partial charge in [0.1, 0.15) is 11.4 Å². The third-order valence-corrected chi connectivity index (χ3v) is 9.18. The molecule has 0 bridgehead atoms. The fourth-order valence-corrected chi connectivity index (χ4v) is 6.94. The van der Waals surface area contributed by atoms with Crippen molar-refractivity contribution in [3.05, 3.63) is 70.1 Å². The first-order valence-corrected chi connectivity index (χ1v) is 12.6. The molecule has 1 aliphatic carbocycles. The van der Waals surface area contributed by atoms with Crippen LogP contribution in [0.2, 0.25) is 0 Å². The molecule has 33 heavy (non-hydrogen) atoms. The van der Waals surface area contributed by atoms with E-state index < -0.39 is 27.2 Å². The van der Waals surface area contributed by atoms with Gasteiger partial charge in [-0.3, -0.25) is 0 Å². The van der Waals surface area contributed by atoms with Crippen molar-refractivity contribution in [3.8, 4) is 0 Å². The number of hydrogen-bond acceptors (Lipinski definition) is 3. The summed E-state index contributed by atoms with van der Waals surface area (Å²) in [6, 6.07) is 11.2. The van der Waals surface area contributed by atoms with Gasteiger partial charge in [-0.05, 0) is 69.2 Å². The van der Waals surface area contributed by atoms with Crippen LogP contribution < -0.4 is 0 Å². The predicted octanol–water partition coefficient (Wildman–Crippen LogP) is 7.16. The van der Waals surface area contributed by atoms with Gasteiger partial charge < -0.3 is 4.74 Å². The van der Waals surface area contributed by atoms with Crippen LogP contribution in [-0.2, 0) is 20.8 Å². The molecule has 178 valence electrons. The highest BCUT2D eigenvalue weighted by Gasteiger charge is 2.53. The molecule has 0 N–H and O–H groups in total. The molecule has 1 saturated carbocycles. The zero-order valence-electron chi connectivity index (χ0n) is 19.3. The minimum Gasteiger partial charge on any atom is -0.486 e. The molecule has 7 heteroatoms. The van der Waals surface area contributed by atoms with E-state index >= 15 is 0 Å². The Kier molecular flexibility index (Phi) is 5.71. The van der Waals surface area contributed by atoms with E-state index in [1.165, 1.54) is 12.1 Å². The molecular formula is C26H29F3O3S. The molecule has 1 aliphatic heterocycles. The molecule has 3 nitrogen and oxygen atoms in total. The largest absolute Gasteiger partial charge is 0.486 e. The lowest BCUT2D eigenvalue weighted by atomic mass is 9.60. The maximum Gasteiger partial charge on any atom is 0.416 e. The lowest BCUT2D eigenvalue weighted by Gasteiger charge is -2.53. The number of allylic oxidation sites excluding steroid dienone is 1. The number of sulfone groups is 1. The maximum absolute atomic E-state index is 13.8. The third-order valence-electron chi connectivity index (χ3n) is 7.28. The van der Waals surface area contributed by atoms with Crippen LogP contribution in [0.15, 0.2) is 58.3 Å². The van der Waals surface area contributed by atoms with Gasteiger partial charge in [-0.1, -0.05) is 43.7 Å². The first-order valence-electron chi connectivity index (χ1n) is 11.2. The van der Waals surface area contributed by atoms with Crippen LogP contribution in [0.4, 0.5) is 13.2 Å². The molecule has 0 unspecified atom stereocenters. The summed E-state index contributed by atoms with van der Waals surface area (Å²) in [5, 5.41) is 0. The van der Waals surface area contributed by atoms with Crippen molar-refractivity contribution in [1.29, 1.82) is 0 Å². The minimum absolute atomic E-state index is 0.0350. The smallest absolute Gasteiger partial charge is 0.416 e. The number of rotatable bonds is 3.